The molecule has 0 spiro atoms. The molecule has 0 atom stereocenters. The van der Waals surface area contributed by atoms with Crippen molar-refractivity contribution in [3.05, 3.63) is 29.8 Å². The van der Waals surface area contributed by atoms with Crippen LogP contribution in [-0.2, 0) is 16.0 Å². The van der Waals surface area contributed by atoms with Crippen molar-refractivity contribution in [2.24, 2.45) is 5.41 Å². The molecule has 0 aliphatic carbocycles. The van der Waals surface area contributed by atoms with Gasteiger partial charge in [0.1, 0.15) is 5.75 Å². The Labute approximate surface area is 125 Å². The topological polar surface area (TPSA) is 75.6 Å². The Balaban J connectivity index is 2.33. The van der Waals surface area contributed by atoms with Crippen LogP contribution in [0.3, 0.4) is 0 Å². The highest BCUT2D eigenvalue weighted by molar-refractivity contribution is 5.76. The third-order valence-electron chi connectivity index (χ3n) is 3.43. The molecule has 0 saturated carbocycles. The van der Waals surface area contributed by atoms with Gasteiger partial charge in [-0.1, -0.05) is 12.1 Å². The molecule has 0 unspecified atom stereocenters. The number of hydrogen-bond acceptors (Lipinski definition) is 3. The minimum atomic E-state index is -0.854. The molecule has 0 aliphatic rings. The maximum absolute atomic E-state index is 11.7. The molecule has 0 heterocycles. The fraction of sp³-hybridized carbons (Fsp3) is 0.500. The van der Waals surface area contributed by atoms with E-state index in [1.54, 1.807) is 21.0 Å². The molecule has 1 amide bonds. The molecule has 5 heteroatoms. The maximum Gasteiger partial charge on any atom is 0.309 e. The lowest BCUT2D eigenvalue weighted by molar-refractivity contribution is -0.147. The average Bonchev–Trinajstić information content (AvgIpc) is 2.45. The number of carboxylic acids is 1. The summed E-state index contributed by atoms with van der Waals surface area (Å²) in [4.78, 5) is 22.7. The summed E-state index contributed by atoms with van der Waals surface area (Å²) in [5, 5.41) is 11.7. The second-order valence-corrected chi connectivity index (χ2v) is 5.64. The van der Waals surface area contributed by atoms with Crippen molar-refractivity contribution in [2.75, 3.05) is 13.7 Å². The van der Waals surface area contributed by atoms with Crippen LogP contribution < -0.4 is 10.1 Å². The van der Waals surface area contributed by atoms with E-state index in [1.807, 2.05) is 24.3 Å². The van der Waals surface area contributed by atoms with Crippen molar-refractivity contribution in [2.45, 2.75) is 33.1 Å². The SMILES string of the molecule is COc1cccc(CCC(=O)NCCC(C)(C)C(=O)O)c1. The highest BCUT2D eigenvalue weighted by atomic mass is 16.5. The van der Waals surface area contributed by atoms with Crippen LogP contribution in [0.15, 0.2) is 24.3 Å². The highest BCUT2D eigenvalue weighted by Gasteiger charge is 2.26. The number of carboxylic acid groups (broad SMARTS) is 1. The van der Waals surface area contributed by atoms with Crippen LogP contribution in [0.2, 0.25) is 0 Å². The number of rotatable bonds is 8. The zero-order valence-corrected chi connectivity index (χ0v) is 12.8. The van der Waals surface area contributed by atoms with E-state index in [9.17, 15) is 9.59 Å². The van der Waals surface area contributed by atoms with Crippen LogP contribution in [0.5, 0.6) is 5.75 Å². The quantitative estimate of drug-likeness (QED) is 0.771. The van der Waals surface area contributed by atoms with Crippen molar-refractivity contribution < 1.29 is 19.4 Å². The van der Waals surface area contributed by atoms with E-state index in [2.05, 4.69) is 5.32 Å². The molecule has 0 fully saturated rings. The van der Waals surface area contributed by atoms with Gasteiger partial charge < -0.3 is 15.2 Å². The zero-order chi connectivity index (χ0) is 15.9. The minimum Gasteiger partial charge on any atom is -0.497 e. The molecule has 1 aromatic rings. The summed E-state index contributed by atoms with van der Waals surface area (Å²) in [5.41, 5.74) is 0.218. The number of methoxy groups -OCH3 is 1. The van der Waals surface area contributed by atoms with Crippen molar-refractivity contribution in [1.29, 1.82) is 0 Å². The normalized spacial score (nSPS) is 11.0. The molecule has 0 aromatic heterocycles. The molecule has 0 radical (unpaired) electrons. The minimum absolute atomic E-state index is 0.0704. The number of benzene rings is 1. The lowest BCUT2D eigenvalue weighted by Crippen LogP contribution is -2.32. The van der Waals surface area contributed by atoms with Gasteiger partial charge in [0.2, 0.25) is 5.91 Å². The number of nitrogens with one attached hydrogen (secondary N) is 1. The molecule has 0 aliphatic heterocycles. The first-order chi connectivity index (χ1) is 9.85. The first-order valence-corrected chi connectivity index (χ1v) is 6.98. The highest BCUT2D eigenvalue weighted by Crippen LogP contribution is 2.19. The summed E-state index contributed by atoms with van der Waals surface area (Å²) in [5.74, 6) is -0.150. The Hall–Kier alpha value is -2.04. The van der Waals surface area contributed by atoms with Gasteiger partial charge in [-0.2, -0.15) is 0 Å². The largest absolute Gasteiger partial charge is 0.497 e. The number of aryl methyl sites for hydroxylation is 1. The number of carbonyl (C=O) groups excluding carboxylic acids is 1. The molecule has 21 heavy (non-hydrogen) atoms. The van der Waals surface area contributed by atoms with E-state index in [0.29, 0.717) is 25.8 Å². The van der Waals surface area contributed by atoms with Crippen molar-refractivity contribution in [3.8, 4) is 5.75 Å². The van der Waals surface area contributed by atoms with Crippen LogP contribution >= 0.6 is 0 Å². The standard InChI is InChI=1S/C16H23NO4/c1-16(2,15(19)20)9-10-17-14(18)8-7-12-5-4-6-13(11-12)21-3/h4-6,11H,7-10H2,1-3H3,(H,17,18)(H,19,20). The predicted octanol–water partition coefficient (Wildman–Crippen LogP) is 2.24. The van der Waals surface area contributed by atoms with Crippen molar-refractivity contribution in [3.63, 3.8) is 0 Å². The molecule has 0 bridgehead atoms. The maximum atomic E-state index is 11.7. The summed E-state index contributed by atoms with van der Waals surface area (Å²) < 4.78 is 5.13. The van der Waals surface area contributed by atoms with Crippen molar-refractivity contribution >= 4 is 11.9 Å². The number of amides is 1. The first kappa shape index (κ1) is 17.0. The Morgan fingerprint density at radius 2 is 2.05 bits per heavy atom. The fourth-order valence-corrected chi connectivity index (χ4v) is 1.80. The Morgan fingerprint density at radius 3 is 2.67 bits per heavy atom. The number of aliphatic carboxylic acids is 1. The Morgan fingerprint density at radius 1 is 1.33 bits per heavy atom. The van der Waals surface area contributed by atoms with Crippen LogP contribution in [-0.4, -0.2) is 30.6 Å². The van der Waals surface area contributed by atoms with E-state index in [1.165, 1.54) is 0 Å². The number of ether oxygens (including phenoxy) is 1. The van der Waals surface area contributed by atoms with Crippen molar-refractivity contribution in [1.82, 2.24) is 5.32 Å². The summed E-state index contributed by atoms with van der Waals surface area (Å²) in [7, 11) is 1.61. The second-order valence-electron chi connectivity index (χ2n) is 5.64. The first-order valence-electron chi connectivity index (χ1n) is 6.98. The van der Waals surface area contributed by atoms with E-state index < -0.39 is 11.4 Å². The molecule has 1 aromatic carbocycles. The second kappa shape index (κ2) is 7.67. The van der Waals surface area contributed by atoms with Crippen LogP contribution in [0.1, 0.15) is 32.3 Å². The fourth-order valence-electron chi connectivity index (χ4n) is 1.80. The summed E-state index contributed by atoms with van der Waals surface area (Å²) >= 11 is 0. The average molecular weight is 293 g/mol. The van der Waals surface area contributed by atoms with Gasteiger partial charge >= 0.3 is 5.97 Å². The van der Waals surface area contributed by atoms with E-state index in [0.717, 1.165) is 11.3 Å². The van der Waals surface area contributed by atoms with Gasteiger partial charge in [0.25, 0.3) is 0 Å². The number of hydrogen-bond donors (Lipinski definition) is 2. The van der Waals surface area contributed by atoms with Gasteiger partial charge in [0, 0.05) is 13.0 Å². The van der Waals surface area contributed by atoms with Crippen LogP contribution in [0, 0.1) is 5.41 Å². The van der Waals surface area contributed by atoms with Gasteiger partial charge in [0.05, 0.1) is 12.5 Å². The monoisotopic (exact) mass is 293 g/mol. The van der Waals surface area contributed by atoms with Gasteiger partial charge in [-0.3, -0.25) is 9.59 Å². The van der Waals surface area contributed by atoms with Crippen LogP contribution in [0.25, 0.3) is 0 Å². The molecule has 2 N–H and O–H groups in total. The molecule has 1 rings (SSSR count). The van der Waals surface area contributed by atoms with Gasteiger partial charge in [-0.15, -0.1) is 0 Å². The molecule has 116 valence electrons. The number of carbonyl (C=O) groups is 2. The van der Waals surface area contributed by atoms with E-state index in [-0.39, 0.29) is 5.91 Å². The molecule has 5 nitrogen and oxygen atoms in total. The van der Waals surface area contributed by atoms with Gasteiger partial charge in [0.15, 0.2) is 0 Å². The molecule has 0 saturated heterocycles. The molecular weight excluding hydrogens is 270 g/mol. The lowest BCUT2D eigenvalue weighted by Gasteiger charge is -2.18. The zero-order valence-electron chi connectivity index (χ0n) is 12.8. The third-order valence-corrected chi connectivity index (χ3v) is 3.43. The third kappa shape index (κ3) is 5.85. The Kier molecular flexibility index (Phi) is 6.21. The molecular formula is C16H23NO4. The van der Waals surface area contributed by atoms with E-state index in [4.69, 9.17) is 9.84 Å². The smallest absolute Gasteiger partial charge is 0.309 e. The summed E-state index contributed by atoms with van der Waals surface area (Å²) in [6.07, 6.45) is 1.42. The van der Waals surface area contributed by atoms with E-state index >= 15 is 0 Å². The van der Waals surface area contributed by atoms with Gasteiger partial charge in [-0.05, 0) is 44.4 Å². The summed E-state index contributed by atoms with van der Waals surface area (Å²) in [6.45, 7) is 3.67. The predicted molar refractivity (Wildman–Crippen MR) is 80.4 cm³/mol. The lowest BCUT2D eigenvalue weighted by atomic mass is 9.90. The van der Waals surface area contributed by atoms with Gasteiger partial charge in [-0.25, -0.2) is 0 Å². The van der Waals surface area contributed by atoms with Crippen LogP contribution in [0.4, 0.5) is 0 Å². The Bertz CT molecular complexity index is 497. The summed E-state index contributed by atoms with van der Waals surface area (Å²) in [6, 6.07) is 7.60.